The first-order valence-corrected chi connectivity index (χ1v) is 5.32. The van der Waals surface area contributed by atoms with Crippen molar-refractivity contribution < 1.29 is 5.11 Å². The molecule has 2 heteroatoms. The quantitative estimate of drug-likeness (QED) is 0.459. The van der Waals surface area contributed by atoms with E-state index in [9.17, 15) is 5.11 Å². The monoisotopic (exact) mass is 215 g/mol. The molecule has 1 aromatic heterocycles. The van der Waals surface area contributed by atoms with E-state index in [1.807, 2.05) is 36.4 Å². The van der Waals surface area contributed by atoms with Gasteiger partial charge in [0.1, 0.15) is 0 Å². The molecule has 2 nitrogen and oxygen atoms in total. The van der Waals surface area contributed by atoms with Gasteiger partial charge >= 0.3 is 0 Å². The third-order valence-electron chi connectivity index (χ3n) is 2.23. The van der Waals surface area contributed by atoms with Crippen molar-refractivity contribution in [3.05, 3.63) is 60.2 Å². The van der Waals surface area contributed by atoms with Crippen LogP contribution in [0.4, 0.5) is 0 Å². The number of aliphatic hydroxyl groups excluding tert-OH is 1. The summed E-state index contributed by atoms with van der Waals surface area (Å²) in [5, 5.41) is 9.49. The van der Waals surface area contributed by atoms with Crippen molar-refractivity contribution in [1.29, 1.82) is 0 Å². The molecule has 0 radical (unpaired) electrons. The zero-order chi connectivity index (χ0) is 11.8. The summed E-state index contributed by atoms with van der Waals surface area (Å²) in [4.78, 5) is 4.18. The molecule has 1 rings (SSSR count). The van der Waals surface area contributed by atoms with E-state index in [2.05, 4.69) is 11.6 Å². The molecule has 1 heterocycles. The molecule has 16 heavy (non-hydrogen) atoms. The van der Waals surface area contributed by atoms with E-state index < -0.39 is 0 Å². The van der Waals surface area contributed by atoms with Crippen molar-refractivity contribution in [2.75, 3.05) is 0 Å². The number of pyridine rings is 1. The number of aromatic nitrogens is 1. The van der Waals surface area contributed by atoms with Gasteiger partial charge in [0.2, 0.25) is 0 Å². The Hall–Kier alpha value is -1.83. The van der Waals surface area contributed by atoms with Crippen molar-refractivity contribution in [3.8, 4) is 0 Å². The maximum Gasteiger partial charge on any atom is 0.0923 e. The minimum Gasteiger partial charge on any atom is -0.512 e. The summed E-state index contributed by atoms with van der Waals surface area (Å²) in [5.74, 6) is 0.356. The molecular formula is C14H17NO. The van der Waals surface area contributed by atoms with Crippen LogP contribution in [0.15, 0.2) is 54.5 Å². The number of rotatable bonds is 5. The first-order chi connectivity index (χ1) is 7.74. The molecule has 1 aromatic rings. The van der Waals surface area contributed by atoms with E-state index in [1.165, 1.54) is 0 Å². The fourth-order valence-corrected chi connectivity index (χ4v) is 1.30. The maximum atomic E-state index is 9.49. The Morgan fingerprint density at radius 1 is 1.50 bits per heavy atom. The molecule has 0 aliphatic rings. The first-order valence-electron chi connectivity index (χ1n) is 5.32. The molecule has 0 aliphatic heterocycles. The van der Waals surface area contributed by atoms with Crippen molar-refractivity contribution in [2.45, 2.75) is 19.8 Å². The average molecular weight is 215 g/mol. The number of hydrogen-bond acceptors (Lipinski definition) is 2. The lowest BCUT2D eigenvalue weighted by atomic mass is 10.1. The van der Waals surface area contributed by atoms with Crippen LogP contribution in [0.5, 0.6) is 0 Å². The number of nitrogens with zero attached hydrogens (tertiary/aromatic N) is 1. The Bertz CT molecular complexity index is 386. The van der Waals surface area contributed by atoms with Crippen LogP contribution < -0.4 is 0 Å². The number of allylic oxidation sites excluding steroid dienone is 4. The standard InChI is InChI=1S/C14H17NO/c1-3-4-7-13(12(2)16)9-10-14-8-5-6-11-15-14/h3,5-6,8-11,16H,1,4,7H2,2H3/b10-9+,13-12-. The van der Waals surface area contributed by atoms with Gasteiger partial charge in [-0.1, -0.05) is 18.2 Å². The van der Waals surface area contributed by atoms with Crippen LogP contribution in [0.25, 0.3) is 6.08 Å². The summed E-state index contributed by atoms with van der Waals surface area (Å²) in [6, 6.07) is 5.74. The normalized spacial score (nSPS) is 12.6. The molecular weight excluding hydrogens is 198 g/mol. The summed E-state index contributed by atoms with van der Waals surface area (Å²) in [6.07, 6.45) is 9.06. The Morgan fingerprint density at radius 2 is 2.31 bits per heavy atom. The predicted molar refractivity (Wildman–Crippen MR) is 68.0 cm³/mol. The highest BCUT2D eigenvalue weighted by Gasteiger charge is 1.96. The van der Waals surface area contributed by atoms with Crippen LogP contribution in [-0.2, 0) is 0 Å². The van der Waals surface area contributed by atoms with Crippen LogP contribution in [0.2, 0.25) is 0 Å². The van der Waals surface area contributed by atoms with Gasteiger partial charge in [-0.05, 0) is 43.5 Å². The zero-order valence-corrected chi connectivity index (χ0v) is 9.56. The Labute approximate surface area is 96.7 Å². The minimum absolute atomic E-state index is 0.356. The summed E-state index contributed by atoms with van der Waals surface area (Å²) in [5.41, 5.74) is 1.81. The average Bonchev–Trinajstić information content (AvgIpc) is 2.30. The lowest BCUT2D eigenvalue weighted by molar-refractivity contribution is 0.407. The molecule has 0 unspecified atom stereocenters. The van der Waals surface area contributed by atoms with Gasteiger partial charge in [-0.2, -0.15) is 0 Å². The van der Waals surface area contributed by atoms with E-state index in [0.717, 1.165) is 24.1 Å². The van der Waals surface area contributed by atoms with Gasteiger partial charge in [-0.3, -0.25) is 4.98 Å². The lowest BCUT2D eigenvalue weighted by Crippen LogP contribution is -1.85. The molecule has 0 aromatic carbocycles. The SMILES string of the molecule is C=CCCC(/C=C/c1ccccn1)=C(\C)O. The van der Waals surface area contributed by atoms with Crippen LogP contribution in [-0.4, -0.2) is 10.1 Å². The minimum atomic E-state index is 0.356. The van der Waals surface area contributed by atoms with Crippen LogP contribution >= 0.6 is 0 Å². The third-order valence-corrected chi connectivity index (χ3v) is 2.23. The van der Waals surface area contributed by atoms with Gasteiger partial charge in [0.05, 0.1) is 11.5 Å². The molecule has 0 saturated carbocycles. The van der Waals surface area contributed by atoms with Crippen LogP contribution in [0.1, 0.15) is 25.5 Å². The second kappa shape index (κ2) is 6.62. The van der Waals surface area contributed by atoms with Crippen molar-refractivity contribution in [3.63, 3.8) is 0 Å². The second-order valence-electron chi connectivity index (χ2n) is 3.53. The molecule has 0 bridgehead atoms. The molecule has 0 saturated heterocycles. The fraction of sp³-hybridized carbons (Fsp3) is 0.214. The summed E-state index contributed by atoms with van der Waals surface area (Å²) < 4.78 is 0. The van der Waals surface area contributed by atoms with Crippen molar-refractivity contribution in [2.24, 2.45) is 0 Å². The van der Waals surface area contributed by atoms with Gasteiger partial charge < -0.3 is 5.11 Å². The molecule has 0 fully saturated rings. The highest BCUT2D eigenvalue weighted by atomic mass is 16.3. The first kappa shape index (κ1) is 12.2. The number of hydrogen-bond donors (Lipinski definition) is 1. The lowest BCUT2D eigenvalue weighted by Gasteiger charge is -2.01. The van der Waals surface area contributed by atoms with E-state index in [0.29, 0.717) is 5.76 Å². The van der Waals surface area contributed by atoms with Gasteiger partial charge in [-0.15, -0.1) is 6.58 Å². The van der Waals surface area contributed by atoms with E-state index in [4.69, 9.17) is 0 Å². The predicted octanol–water partition coefficient (Wildman–Crippen LogP) is 3.89. The van der Waals surface area contributed by atoms with Crippen LogP contribution in [0.3, 0.4) is 0 Å². The fourth-order valence-electron chi connectivity index (χ4n) is 1.30. The molecule has 0 spiro atoms. The Morgan fingerprint density at radius 3 is 2.88 bits per heavy atom. The summed E-state index contributed by atoms with van der Waals surface area (Å²) in [7, 11) is 0. The molecule has 0 amide bonds. The summed E-state index contributed by atoms with van der Waals surface area (Å²) >= 11 is 0. The van der Waals surface area contributed by atoms with Gasteiger partial charge in [-0.25, -0.2) is 0 Å². The third kappa shape index (κ3) is 4.13. The Balaban J connectivity index is 2.73. The topological polar surface area (TPSA) is 33.1 Å². The van der Waals surface area contributed by atoms with Gasteiger partial charge in [0.15, 0.2) is 0 Å². The molecule has 0 aliphatic carbocycles. The van der Waals surface area contributed by atoms with Crippen molar-refractivity contribution in [1.82, 2.24) is 4.98 Å². The number of aliphatic hydroxyl groups is 1. The summed E-state index contributed by atoms with van der Waals surface area (Å²) in [6.45, 7) is 5.37. The van der Waals surface area contributed by atoms with Crippen LogP contribution in [0, 0.1) is 0 Å². The van der Waals surface area contributed by atoms with Crippen molar-refractivity contribution >= 4 is 6.08 Å². The zero-order valence-electron chi connectivity index (χ0n) is 9.56. The molecule has 0 atom stereocenters. The molecule has 84 valence electrons. The largest absolute Gasteiger partial charge is 0.512 e. The van der Waals surface area contributed by atoms with E-state index >= 15 is 0 Å². The van der Waals surface area contributed by atoms with E-state index in [-0.39, 0.29) is 0 Å². The van der Waals surface area contributed by atoms with Gasteiger partial charge in [0, 0.05) is 6.20 Å². The Kier molecular flexibility index (Phi) is 5.06. The maximum absolute atomic E-state index is 9.49. The highest BCUT2D eigenvalue weighted by molar-refractivity contribution is 5.49. The smallest absolute Gasteiger partial charge is 0.0923 e. The molecule has 1 N–H and O–H groups in total. The van der Waals surface area contributed by atoms with Gasteiger partial charge in [0.25, 0.3) is 0 Å². The second-order valence-corrected chi connectivity index (χ2v) is 3.53. The van der Waals surface area contributed by atoms with E-state index in [1.54, 1.807) is 13.1 Å². The highest BCUT2D eigenvalue weighted by Crippen LogP contribution is 2.13.